The van der Waals surface area contributed by atoms with Crippen LogP contribution in [0, 0.1) is 0 Å². The van der Waals surface area contributed by atoms with E-state index in [-0.39, 0.29) is 0 Å². The van der Waals surface area contributed by atoms with Crippen LogP contribution in [0.5, 0.6) is 0 Å². The first-order chi connectivity index (χ1) is 9.36. The van der Waals surface area contributed by atoms with Crippen molar-refractivity contribution in [2.45, 2.75) is 12.8 Å². The molecular formula is C14H16N4O. The summed E-state index contributed by atoms with van der Waals surface area (Å²) in [7, 11) is 1.96. The number of nitrogens with one attached hydrogen (secondary N) is 2. The molecular weight excluding hydrogens is 240 g/mol. The third kappa shape index (κ3) is 2.51. The van der Waals surface area contributed by atoms with Gasteiger partial charge in [-0.05, 0) is 32.1 Å². The van der Waals surface area contributed by atoms with E-state index >= 15 is 0 Å². The molecule has 3 rings (SSSR count). The molecule has 0 unspecified atom stereocenters. The van der Waals surface area contributed by atoms with Gasteiger partial charge < -0.3 is 14.7 Å². The lowest BCUT2D eigenvalue weighted by atomic mass is 10.1. The molecule has 2 aromatic heterocycles. The number of nitrogens with zero attached hydrogens (tertiary/aromatic N) is 2. The molecule has 0 radical (unpaired) electrons. The number of H-pyrrole nitrogens is 1. The van der Waals surface area contributed by atoms with Gasteiger partial charge >= 0.3 is 0 Å². The van der Waals surface area contributed by atoms with Gasteiger partial charge in [-0.15, -0.1) is 0 Å². The van der Waals surface area contributed by atoms with E-state index in [1.165, 1.54) is 6.39 Å². The summed E-state index contributed by atoms with van der Waals surface area (Å²) in [4.78, 5) is 11.9. The average molecular weight is 256 g/mol. The van der Waals surface area contributed by atoms with Crippen LogP contribution in [0.15, 0.2) is 35.2 Å². The van der Waals surface area contributed by atoms with Crippen LogP contribution in [0.25, 0.3) is 22.4 Å². The number of rotatable bonds is 5. The summed E-state index contributed by atoms with van der Waals surface area (Å²) in [5.41, 5.74) is 3.75. The molecule has 0 aliphatic heterocycles. The minimum Gasteiger partial charge on any atom is -0.443 e. The SMILES string of the molecule is CNCCCc1ncc(-c2ccc3ncoc3c2)[nH]1. The van der Waals surface area contributed by atoms with E-state index in [4.69, 9.17) is 4.42 Å². The highest BCUT2D eigenvalue weighted by molar-refractivity contribution is 5.78. The van der Waals surface area contributed by atoms with E-state index in [0.717, 1.165) is 47.6 Å². The Hall–Kier alpha value is -2.14. The molecule has 19 heavy (non-hydrogen) atoms. The zero-order valence-electron chi connectivity index (χ0n) is 10.8. The van der Waals surface area contributed by atoms with Crippen molar-refractivity contribution in [3.05, 3.63) is 36.6 Å². The number of benzene rings is 1. The molecule has 0 fully saturated rings. The third-order valence-corrected chi connectivity index (χ3v) is 3.11. The fourth-order valence-corrected chi connectivity index (χ4v) is 2.09. The van der Waals surface area contributed by atoms with Gasteiger partial charge in [0.25, 0.3) is 0 Å². The summed E-state index contributed by atoms with van der Waals surface area (Å²) in [6.07, 6.45) is 5.35. The number of hydrogen-bond donors (Lipinski definition) is 2. The summed E-state index contributed by atoms with van der Waals surface area (Å²) in [5.74, 6) is 1.02. The molecule has 2 N–H and O–H groups in total. The highest BCUT2D eigenvalue weighted by Crippen LogP contribution is 2.22. The summed E-state index contributed by atoms with van der Waals surface area (Å²) in [5, 5.41) is 3.13. The van der Waals surface area contributed by atoms with E-state index in [1.54, 1.807) is 0 Å². The molecule has 0 amide bonds. The van der Waals surface area contributed by atoms with Crippen LogP contribution >= 0.6 is 0 Å². The van der Waals surface area contributed by atoms with Crippen LogP contribution in [-0.2, 0) is 6.42 Å². The second-order valence-corrected chi connectivity index (χ2v) is 4.49. The maximum absolute atomic E-state index is 5.31. The zero-order valence-corrected chi connectivity index (χ0v) is 10.8. The van der Waals surface area contributed by atoms with Crippen molar-refractivity contribution in [1.29, 1.82) is 0 Å². The molecule has 5 nitrogen and oxygen atoms in total. The Balaban J connectivity index is 1.81. The van der Waals surface area contributed by atoms with Crippen molar-refractivity contribution < 1.29 is 4.42 Å². The Kier molecular flexibility index (Phi) is 3.29. The molecule has 5 heteroatoms. The summed E-state index contributed by atoms with van der Waals surface area (Å²) in [6, 6.07) is 5.96. The lowest BCUT2D eigenvalue weighted by Gasteiger charge is -1.98. The Morgan fingerprint density at radius 3 is 3.16 bits per heavy atom. The predicted octanol–water partition coefficient (Wildman–Crippen LogP) is 2.37. The smallest absolute Gasteiger partial charge is 0.181 e. The summed E-state index contributed by atoms with van der Waals surface area (Å²) < 4.78 is 5.31. The van der Waals surface area contributed by atoms with Gasteiger partial charge in [0, 0.05) is 12.0 Å². The zero-order chi connectivity index (χ0) is 13.1. The molecule has 0 bridgehead atoms. The minimum absolute atomic E-state index is 0.795. The van der Waals surface area contributed by atoms with Gasteiger partial charge in [-0.25, -0.2) is 9.97 Å². The number of aromatic amines is 1. The maximum Gasteiger partial charge on any atom is 0.181 e. The summed E-state index contributed by atoms with van der Waals surface area (Å²) >= 11 is 0. The fraction of sp³-hybridized carbons (Fsp3) is 0.286. The predicted molar refractivity (Wildman–Crippen MR) is 73.8 cm³/mol. The van der Waals surface area contributed by atoms with Crippen LogP contribution in [0.3, 0.4) is 0 Å². The normalized spacial score (nSPS) is 11.2. The third-order valence-electron chi connectivity index (χ3n) is 3.11. The number of aryl methyl sites for hydroxylation is 1. The Morgan fingerprint density at radius 1 is 1.32 bits per heavy atom. The molecule has 3 aromatic rings. The largest absolute Gasteiger partial charge is 0.443 e. The van der Waals surface area contributed by atoms with Crippen molar-refractivity contribution in [2.24, 2.45) is 0 Å². The van der Waals surface area contributed by atoms with E-state index in [9.17, 15) is 0 Å². The van der Waals surface area contributed by atoms with Gasteiger partial charge in [-0.2, -0.15) is 0 Å². The van der Waals surface area contributed by atoms with Gasteiger partial charge in [0.2, 0.25) is 0 Å². The van der Waals surface area contributed by atoms with Gasteiger partial charge in [0.15, 0.2) is 12.0 Å². The molecule has 0 atom stereocenters. The minimum atomic E-state index is 0.795. The van der Waals surface area contributed by atoms with E-state index < -0.39 is 0 Å². The Morgan fingerprint density at radius 2 is 2.26 bits per heavy atom. The number of imidazole rings is 1. The topological polar surface area (TPSA) is 66.7 Å². The van der Waals surface area contributed by atoms with Crippen molar-refractivity contribution in [3.8, 4) is 11.3 Å². The number of hydrogen-bond acceptors (Lipinski definition) is 4. The highest BCUT2D eigenvalue weighted by atomic mass is 16.3. The summed E-state index contributed by atoms with van der Waals surface area (Å²) in [6.45, 7) is 1.00. The molecule has 1 aromatic carbocycles. The fourth-order valence-electron chi connectivity index (χ4n) is 2.09. The van der Waals surface area contributed by atoms with E-state index in [0.29, 0.717) is 0 Å². The average Bonchev–Trinajstić information content (AvgIpc) is 3.06. The number of aromatic nitrogens is 3. The quantitative estimate of drug-likeness (QED) is 0.688. The van der Waals surface area contributed by atoms with Crippen LogP contribution < -0.4 is 5.32 Å². The number of fused-ring (bicyclic) bond motifs is 1. The number of oxazole rings is 1. The van der Waals surface area contributed by atoms with Gasteiger partial charge in [0.1, 0.15) is 11.3 Å². The first-order valence-electron chi connectivity index (χ1n) is 6.39. The molecule has 0 saturated heterocycles. The second kappa shape index (κ2) is 5.24. The van der Waals surface area contributed by atoms with Gasteiger partial charge in [-0.1, -0.05) is 6.07 Å². The lowest BCUT2D eigenvalue weighted by Crippen LogP contribution is -2.08. The highest BCUT2D eigenvalue weighted by Gasteiger charge is 2.06. The maximum atomic E-state index is 5.31. The monoisotopic (exact) mass is 256 g/mol. The molecule has 0 aliphatic carbocycles. The van der Waals surface area contributed by atoms with E-state index in [1.807, 2.05) is 31.4 Å². The van der Waals surface area contributed by atoms with Crippen molar-refractivity contribution >= 4 is 11.1 Å². The Labute approximate surface area is 111 Å². The molecule has 0 saturated carbocycles. The van der Waals surface area contributed by atoms with Crippen LogP contribution in [0.1, 0.15) is 12.2 Å². The first kappa shape index (κ1) is 11.9. The molecule has 2 heterocycles. The van der Waals surface area contributed by atoms with Crippen molar-refractivity contribution in [1.82, 2.24) is 20.3 Å². The first-order valence-corrected chi connectivity index (χ1v) is 6.39. The standard InChI is InChI=1S/C14H16N4O/c1-15-6-2-3-14-16-8-12(18-14)10-4-5-11-13(7-10)19-9-17-11/h4-5,7-9,15H,2-3,6H2,1H3,(H,16,18). The van der Waals surface area contributed by atoms with E-state index in [2.05, 4.69) is 20.3 Å². The van der Waals surface area contributed by atoms with Crippen LogP contribution in [-0.4, -0.2) is 28.5 Å². The lowest BCUT2D eigenvalue weighted by molar-refractivity contribution is 0.602. The molecule has 0 spiro atoms. The Bertz CT molecular complexity index is 671. The second-order valence-electron chi connectivity index (χ2n) is 4.49. The van der Waals surface area contributed by atoms with Crippen molar-refractivity contribution in [3.63, 3.8) is 0 Å². The van der Waals surface area contributed by atoms with Crippen LogP contribution in [0.2, 0.25) is 0 Å². The van der Waals surface area contributed by atoms with Crippen LogP contribution in [0.4, 0.5) is 0 Å². The van der Waals surface area contributed by atoms with Crippen molar-refractivity contribution in [2.75, 3.05) is 13.6 Å². The molecule has 98 valence electrons. The molecule has 0 aliphatic rings. The van der Waals surface area contributed by atoms with Gasteiger partial charge in [0.05, 0.1) is 11.9 Å². The van der Waals surface area contributed by atoms with Gasteiger partial charge in [-0.3, -0.25) is 0 Å².